The molecule has 2 saturated heterocycles. The van der Waals surface area contributed by atoms with Crippen LogP contribution in [0.1, 0.15) is 19.8 Å². The third-order valence-electron chi connectivity index (χ3n) is 3.96. The zero-order chi connectivity index (χ0) is 14.4. The number of halogens is 1. The highest BCUT2D eigenvalue weighted by molar-refractivity contribution is 5.85. The Labute approximate surface area is 132 Å². The van der Waals surface area contributed by atoms with Crippen molar-refractivity contribution in [3.63, 3.8) is 0 Å². The Kier molecular flexibility index (Phi) is 8.00. The van der Waals surface area contributed by atoms with Crippen LogP contribution in [-0.2, 0) is 14.3 Å². The van der Waals surface area contributed by atoms with E-state index in [4.69, 9.17) is 4.74 Å². The molecular formula is C14H26ClN3O3. The van der Waals surface area contributed by atoms with Gasteiger partial charge in [-0.15, -0.1) is 12.4 Å². The molecule has 1 unspecified atom stereocenters. The van der Waals surface area contributed by atoms with Crippen LogP contribution in [0.25, 0.3) is 0 Å². The summed E-state index contributed by atoms with van der Waals surface area (Å²) in [7, 11) is 0. The van der Waals surface area contributed by atoms with E-state index in [0.29, 0.717) is 19.7 Å². The number of rotatable bonds is 4. The highest BCUT2D eigenvalue weighted by Crippen LogP contribution is 2.18. The van der Waals surface area contributed by atoms with Crippen LogP contribution in [0.4, 0.5) is 0 Å². The lowest BCUT2D eigenvalue weighted by Crippen LogP contribution is -2.50. The van der Waals surface area contributed by atoms with Gasteiger partial charge in [-0.1, -0.05) is 0 Å². The summed E-state index contributed by atoms with van der Waals surface area (Å²) in [6.07, 6.45) is 1.72. The quantitative estimate of drug-likeness (QED) is 0.746. The lowest BCUT2D eigenvalue weighted by atomic mass is 9.98. The molecule has 2 aliphatic heterocycles. The number of piperazine rings is 1. The van der Waals surface area contributed by atoms with Gasteiger partial charge in [-0.2, -0.15) is 0 Å². The number of likely N-dealkylation sites (tertiary alicyclic amines) is 1. The number of nitrogens with zero attached hydrogens (tertiary/aromatic N) is 2. The lowest BCUT2D eigenvalue weighted by molar-refractivity contribution is -0.151. The summed E-state index contributed by atoms with van der Waals surface area (Å²) in [6.45, 7) is 7.69. The molecule has 0 saturated carbocycles. The molecule has 6 nitrogen and oxygen atoms in total. The first kappa shape index (κ1) is 18.2. The van der Waals surface area contributed by atoms with Crippen LogP contribution in [-0.4, -0.2) is 74.1 Å². The van der Waals surface area contributed by atoms with E-state index in [1.807, 2.05) is 11.8 Å². The van der Waals surface area contributed by atoms with Crippen molar-refractivity contribution in [1.29, 1.82) is 0 Å². The minimum atomic E-state index is -0.160. The average molecular weight is 320 g/mol. The number of ether oxygens (including phenoxy) is 1. The van der Waals surface area contributed by atoms with Gasteiger partial charge in [0.15, 0.2) is 0 Å². The number of nitrogens with one attached hydrogen (secondary N) is 1. The molecule has 1 atom stereocenters. The zero-order valence-corrected chi connectivity index (χ0v) is 13.5. The van der Waals surface area contributed by atoms with Gasteiger partial charge in [0.25, 0.3) is 0 Å². The number of hydrogen-bond acceptors (Lipinski definition) is 5. The fourth-order valence-electron chi connectivity index (χ4n) is 2.82. The number of esters is 1. The van der Waals surface area contributed by atoms with Gasteiger partial charge in [0.2, 0.25) is 5.91 Å². The summed E-state index contributed by atoms with van der Waals surface area (Å²) >= 11 is 0. The highest BCUT2D eigenvalue weighted by atomic mass is 35.5. The minimum absolute atomic E-state index is 0. The highest BCUT2D eigenvalue weighted by Gasteiger charge is 2.29. The Morgan fingerprint density at radius 1 is 1.24 bits per heavy atom. The topological polar surface area (TPSA) is 61.9 Å². The molecule has 7 heteroatoms. The fourth-order valence-corrected chi connectivity index (χ4v) is 2.82. The second kappa shape index (κ2) is 9.23. The maximum Gasteiger partial charge on any atom is 0.310 e. The van der Waals surface area contributed by atoms with Gasteiger partial charge in [0.05, 0.1) is 19.1 Å². The smallest absolute Gasteiger partial charge is 0.310 e. The first-order valence-electron chi connectivity index (χ1n) is 7.58. The standard InChI is InChI=1S/C14H25N3O3.ClH/c1-2-20-14(19)12-4-3-7-17(10-12)13(18)11-16-8-5-15-6-9-16;/h12,15H,2-11H2,1H3;1H. The van der Waals surface area contributed by atoms with Crippen molar-refractivity contribution in [3.05, 3.63) is 0 Å². The van der Waals surface area contributed by atoms with Crippen molar-refractivity contribution in [3.8, 4) is 0 Å². The van der Waals surface area contributed by atoms with Crippen molar-refractivity contribution in [2.24, 2.45) is 5.92 Å². The Morgan fingerprint density at radius 3 is 2.62 bits per heavy atom. The molecule has 21 heavy (non-hydrogen) atoms. The molecule has 2 fully saturated rings. The fraction of sp³-hybridized carbons (Fsp3) is 0.857. The molecule has 0 aromatic carbocycles. The van der Waals surface area contributed by atoms with Crippen molar-refractivity contribution in [2.45, 2.75) is 19.8 Å². The molecule has 122 valence electrons. The lowest BCUT2D eigenvalue weighted by Gasteiger charge is -2.34. The Bertz CT molecular complexity index is 348. The number of carbonyl (C=O) groups is 2. The molecule has 0 spiro atoms. The van der Waals surface area contributed by atoms with Crippen molar-refractivity contribution < 1.29 is 14.3 Å². The number of hydrogen-bond donors (Lipinski definition) is 1. The van der Waals surface area contributed by atoms with Crippen LogP contribution in [0.15, 0.2) is 0 Å². The van der Waals surface area contributed by atoms with Gasteiger partial charge in [0.1, 0.15) is 0 Å². The molecule has 1 amide bonds. The summed E-state index contributed by atoms with van der Waals surface area (Å²) in [6, 6.07) is 0. The molecule has 2 aliphatic rings. The van der Waals surface area contributed by atoms with Crippen LogP contribution in [0, 0.1) is 5.92 Å². The monoisotopic (exact) mass is 319 g/mol. The molecule has 0 aromatic rings. The number of amides is 1. The third-order valence-corrected chi connectivity index (χ3v) is 3.96. The molecule has 2 heterocycles. The first-order chi connectivity index (χ1) is 9.70. The zero-order valence-electron chi connectivity index (χ0n) is 12.7. The number of carbonyl (C=O) groups excluding carboxylic acids is 2. The molecule has 0 bridgehead atoms. The van der Waals surface area contributed by atoms with Gasteiger partial charge in [-0.3, -0.25) is 14.5 Å². The Balaban J connectivity index is 0.00000220. The molecule has 1 N–H and O–H groups in total. The predicted molar refractivity (Wildman–Crippen MR) is 82.5 cm³/mol. The third kappa shape index (κ3) is 5.45. The minimum Gasteiger partial charge on any atom is -0.466 e. The summed E-state index contributed by atoms with van der Waals surface area (Å²) in [5.74, 6) is -0.163. The SMILES string of the molecule is CCOC(=O)C1CCCN(C(=O)CN2CCNCC2)C1.Cl. The van der Waals surface area contributed by atoms with Gasteiger partial charge >= 0.3 is 5.97 Å². The first-order valence-corrected chi connectivity index (χ1v) is 7.58. The van der Waals surface area contributed by atoms with E-state index in [2.05, 4.69) is 10.2 Å². The van der Waals surface area contributed by atoms with Gasteiger partial charge < -0.3 is 15.0 Å². The van der Waals surface area contributed by atoms with E-state index in [0.717, 1.165) is 45.6 Å². The van der Waals surface area contributed by atoms with Gasteiger partial charge in [-0.25, -0.2) is 0 Å². The molecule has 0 aromatic heterocycles. The van der Waals surface area contributed by atoms with Crippen LogP contribution in [0.3, 0.4) is 0 Å². The summed E-state index contributed by atoms with van der Waals surface area (Å²) in [4.78, 5) is 28.1. The predicted octanol–water partition coefficient (Wildman–Crippen LogP) is 0.115. The van der Waals surface area contributed by atoms with Crippen LogP contribution in [0.2, 0.25) is 0 Å². The molecule has 0 radical (unpaired) electrons. The van der Waals surface area contributed by atoms with Crippen LogP contribution in [0.5, 0.6) is 0 Å². The molecule has 0 aliphatic carbocycles. The van der Waals surface area contributed by atoms with Crippen molar-refractivity contribution in [2.75, 3.05) is 52.4 Å². The number of piperidine rings is 1. The maximum absolute atomic E-state index is 12.3. The van der Waals surface area contributed by atoms with Crippen LogP contribution >= 0.6 is 12.4 Å². The van der Waals surface area contributed by atoms with E-state index in [1.165, 1.54) is 0 Å². The summed E-state index contributed by atoms with van der Waals surface area (Å²) < 4.78 is 5.06. The largest absolute Gasteiger partial charge is 0.466 e. The van der Waals surface area contributed by atoms with E-state index in [9.17, 15) is 9.59 Å². The average Bonchev–Trinajstić information content (AvgIpc) is 2.48. The molecule has 2 rings (SSSR count). The van der Waals surface area contributed by atoms with Crippen LogP contribution < -0.4 is 5.32 Å². The summed E-state index contributed by atoms with van der Waals surface area (Å²) in [5.41, 5.74) is 0. The Morgan fingerprint density at radius 2 is 1.95 bits per heavy atom. The molecular weight excluding hydrogens is 294 g/mol. The van der Waals surface area contributed by atoms with Gasteiger partial charge in [-0.05, 0) is 19.8 Å². The summed E-state index contributed by atoms with van der Waals surface area (Å²) in [5, 5.41) is 3.28. The van der Waals surface area contributed by atoms with Crippen molar-refractivity contribution >= 4 is 24.3 Å². The second-order valence-corrected chi connectivity index (χ2v) is 5.46. The normalized spacial score (nSPS) is 23.3. The van der Waals surface area contributed by atoms with Gasteiger partial charge in [0, 0.05) is 39.3 Å². The van der Waals surface area contributed by atoms with E-state index in [-0.39, 0.29) is 30.2 Å². The Hall–Kier alpha value is -0.850. The van der Waals surface area contributed by atoms with Crippen molar-refractivity contribution in [1.82, 2.24) is 15.1 Å². The van der Waals surface area contributed by atoms with E-state index < -0.39 is 0 Å². The van der Waals surface area contributed by atoms with E-state index >= 15 is 0 Å². The second-order valence-electron chi connectivity index (χ2n) is 5.46. The van der Waals surface area contributed by atoms with E-state index in [1.54, 1.807) is 0 Å². The maximum atomic E-state index is 12.3.